The van der Waals surface area contributed by atoms with Gasteiger partial charge in [-0.25, -0.2) is 4.39 Å². The second kappa shape index (κ2) is 3.12. The molecule has 0 saturated carbocycles. The Balaban J connectivity index is 3.00. The van der Waals surface area contributed by atoms with Crippen molar-refractivity contribution in [1.29, 1.82) is 0 Å². The molecule has 0 aliphatic heterocycles. The maximum Gasteiger partial charge on any atom is 0.143 e. The Morgan fingerprint density at radius 3 is 2.77 bits per heavy atom. The Morgan fingerprint density at radius 2 is 2.08 bits per heavy atom. The average molecular weight is 235 g/mol. The summed E-state index contributed by atoms with van der Waals surface area (Å²) in [5, 5.41) is 3.24. The first kappa shape index (κ1) is 9.25. The van der Waals surface area contributed by atoms with Crippen LogP contribution < -0.4 is 0 Å². The first-order valence-electron chi connectivity index (χ1n) is 3.62. The van der Waals surface area contributed by atoms with Gasteiger partial charge in [-0.2, -0.15) is 0 Å². The molecule has 0 atom stereocenters. The van der Waals surface area contributed by atoms with Crippen LogP contribution in [0.3, 0.4) is 0 Å². The van der Waals surface area contributed by atoms with Gasteiger partial charge in [-0.1, -0.05) is 23.2 Å². The van der Waals surface area contributed by atoms with Gasteiger partial charge >= 0.3 is 0 Å². The van der Waals surface area contributed by atoms with E-state index in [-0.39, 0.29) is 5.02 Å². The standard InChI is InChI=1S/C9H5Cl2FS/c1-4-3-13-9-5(10)2-6(12)8(11)7(4)9/h2-3H,1H3. The van der Waals surface area contributed by atoms with Crippen molar-refractivity contribution in [3.05, 3.63) is 32.9 Å². The summed E-state index contributed by atoms with van der Waals surface area (Å²) in [6, 6.07) is 1.25. The highest BCUT2D eigenvalue weighted by molar-refractivity contribution is 7.18. The van der Waals surface area contributed by atoms with Crippen LogP contribution in [-0.4, -0.2) is 0 Å². The van der Waals surface area contributed by atoms with Gasteiger partial charge in [0, 0.05) is 5.39 Å². The smallest absolute Gasteiger partial charge is 0.143 e. The maximum absolute atomic E-state index is 13.2. The van der Waals surface area contributed by atoms with E-state index in [1.165, 1.54) is 17.4 Å². The van der Waals surface area contributed by atoms with E-state index in [9.17, 15) is 4.39 Å². The number of hydrogen-bond donors (Lipinski definition) is 0. The zero-order valence-corrected chi connectivity index (χ0v) is 9.03. The van der Waals surface area contributed by atoms with Crippen molar-refractivity contribution in [2.45, 2.75) is 6.92 Å². The first-order chi connectivity index (χ1) is 6.11. The summed E-state index contributed by atoms with van der Waals surface area (Å²) in [7, 11) is 0. The molecule has 0 aliphatic carbocycles. The molecule has 0 nitrogen and oxygen atoms in total. The predicted octanol–water partition coefficient (Wildman–Crippen LogP) is 4.66. The second-order valence-corrected chi connectivity index (χ2v) is 4.44. The zero-order valence-electron chi connectivity index (χ0n) is 6.70. The lowest BCUT2D eigenvalue weighted by Gasteiger charge is -1.99. The molecule has 0 fully saturated rings. The van der Waals surface area contributed by atoms with Gasteiger partial charge in [-0.15, -0.1) is 11.3 Å². The van der Waals surface area contributed by atoms with E-state index >= 15 is 0 Å². The normalized spacial score (nSPS) is 11.1. The molecule has 0 N–H and O–H groups in total. The Morgan fingerprint density at radius 1 is 1.38 bits per heavy atom. The number of benzene rings is 1. The van der Waals surface area contributed by atoms with Crippen LogP contribution in [0.4, 0.5) is 4.39 Å². The van der Waals surface area contributed by atoms with Gasteiger partial charge in [0.2, 0.25) is 0 Å². The molecule has 0 unspecified atom stereocenters. The van der Waals surface area contributed by atoms with Crippen LogP contribution in [0, 0.1) is 12.7 Å². The molecular weight excluding hydrogens is 230 g/mol. The van der Waals surface area contributed by atoms with Crippen molar-refractivity contribution in [1.82, 2.24) is 0 Å². The van der Waals surface area contributed by atoms with Crippen LogP contribution in [0.1, 0.15) is 5.56 Å². The van der Waals surface area contributed by atoms with Gasteiger partial charge in [0.25, 0.3) is 0 Å². The Hall–Kier alpha value is -0.310. The molecule has 0 saturated heterocycles. The van der Waals surface area contributed by atoms with E-state index in [0.29, 0.717) is 5.02 Å². The second-order valence-electron chi connectivity index (χ2n) is 2.78. The van der Waals surface area contributed by atoms with Crippen molar-refractivity contribution >= 4 is 44.6 Å². The molecule has 2 aromatic rings. The summed E-state index contributed by atoms with van der Waals surface area (Å²) >= 11 is 13.2. The van der Waals surface area contributed by atoms with Gasteiger partial charge in [0.1, 0.15) is 5.82 Å². The van der Waals surface area contributed by atoms with Crippen molar-refractivity contribution < 1.29 is 4.39 Å². The van der Waals surface area contributed by atoms with Crippen molar-refractivity contribution in [3.8, 4) is 0 Å². The largest absolute Gasteiger partial charge is 0.205 e. The third kappa shape index (κ3) is 1.33. The van der Waals surface area contributed by atoms with Crippen molar-refractivity contribution in [2.24, 2.45) is 0 Å². The molecule has 0 radical (unpaired) electrons. The predicted molar refractivity (Wildman–Crippen MR) is 56.5 cm³/mol. The topological polar surface area (TPSA) is 0 Å². The number of fused-ring (bicyclic) bond motifs is 1. The highest BCUT2D eigenvalue weighted by atomic mass is 35.5. The lowest BCUT2D eigenvalue weighted by Crippen LogP contribution is -1.79. The molecular formula is C9H5Cl2FS. The average Bonchev–Trinajstić information content (AvgIpc) is 2.44. The summed E-state index contributed by atoms with van der Waals surface area (Å²) in [4.78, 5) is 0. The van der Waals surface area contributed by atoms with Crippen LogP contribution >= 0.6 is 34.5 Å². The molecule has 68 valence electrons. The molecule has 0 spiro atoms. The SMILES string of the molecule is Cc1csc2c(Cl)cc(F)c(Cl)c12. The quantitative estimate of drug-likeness (QED) is 0.582. The minimum atomic E-state index is -0.458. The fraction of sp³-hybridized carbons (Fsp3) is 0.111. The fourth-order valence-electron chi connectivity index (χ4n) is 1.25. The van der Waals surface area contributed by atoms with E-state index in [4.69, 9.17) is 23.2 Å². The molecule has 13 heavy (non-hydrogen) atoms. The van der Waals surface area contributed by atoms with E-state index in [2.05, 4.69) is 0 Å². The lowest BCUT2D eigenvalue weighted by atomic mass is 10.2. The third-order valence-corrected chi connectivity index (χ3v) is 3.79. The van der Waals surface area contributed by atoms with Gasteiger partial charge in [-0.05, 0) is 23.9 Å². The molecule has 0 amide bonds. The van der Waals surface area contributed by atoms with E-state index in [1.807, 2.05) is 12.3 Å². The van der Waals surface area contributed by atoms with Crippen LogP contribution in [0.15, 0.2) is 11.4 Å². The highest BCUT2D eigenvalue weighted by Gasteiger charge is 2.12. The van der Waals surface area contributed by atoms with Gasteiger partial charge in [0.05, 0.1) is 14.7 Å². The monoisotopic (exact) mass is 234 g/mol. The van der Waals surface area contributed by atoms with Crippen LogP contribution in [-0.2, 0) is 0 Å². The number of halogens is 3. The Kier molecular flexibility index (Phi) is 2.22. The van der Waals surface area contributed by atoms with Crippen LogP contribution in [0.25, 0.3) is 10.1 Å². The van der Waals surface area contributed by atoms with Gasteiger partial charge < -0.3 is 0 Å². The maximum atomic E-state index is 13.2. The first-order valence-corrected chi connectivity index (χ1v) is 5.26. The third-order valence-electron chi connectivity index (χ3n) is 1.87. The summed E-state index contributed by atoms with van der Waals surface area (Å²) < 4.78 is 14.0. The summed E-state index contributed by atoms with van der Waals surface area (Å²) in [5.41, 5.74) is 0.964. The number of hydrogen-bond acceptors (Lipinski definition) is 1. The van der Waals surface area contributed by atoms with Crippen molar-refractivity contribution in [3.63, 3.8) is 0 Å². The molecule has 1 heterocycles. The summed E-state index contributed by atoms with van der Waals surface area (Å²) in [6.07, 6.45) is 0. The molecule has 4 heteroatoms. The summed E-state index contributed by atoms with van der Waals surface area (Å²) in [6.45, 7) is 1.89. The van der Waals surface area contributed by atoms with Crippen LogP contribution in [0.2, 0.25) is 10.0 Å². The Bertz CT molecular complexity index is 476. The van der Waals surface area contributed by atoms with Crippen LogP contribution in [0.5, 0.6) is 0 Å². The van der Waals surface area contributed by atoms with E-state index < -0.39 is 5.82 Å². The number of thiophene rings is 1. The molecule has 0 bridgehead atoms. The zero-order chi connectivity index (χ0) is 9.59. The lowest BCUT2D eigenvalue weighted by molar-refractivity contribution is 0.630. The summed E-state index contributed by atoms with van der Waals surface area (Å²) in [5.74, 6) is -0.458. The number of aryl methyl sites for hydroxylation is 1. The fourth-order valence-corrected chi connectivity index (χ4v) is 2.90. The highest BCUT2D eigenvalue weighted by Crippen LogP contribution is 2.38. The minimum absolute atomic E-state index is 0.165. The van der Waals surface area contributed by atoms with E-state index in [1.54, 1.807) is 0 Å². The molecule has 1 aromatic carbocycles. The van der Waals surface area contributed by atoms with Gasteiger partial charge in [0.15, 0.2) is 0 Å². The van der Waals surface area contributed by atoms with Crippen molar-refractivity contribution in [2.75, 3.05) is 0 Å². The molecule has 0 aliphatic rings. The molecule has 2 rings (SSSR count). The minimum Gasteiger partial charge on any atom is -0.205 e. The van der Waals surface area contributed by atoms with Gasteiger partial charge in [-0.3, -0.25) is 0 Å². The van der Waals surface area contributed by atoms with E-state index in [0.717, 1.165) is 15.6 Å². The number of rotatable bonds is 0. The Labute approximate surface area is 88.9 Å². The molecule has 1 aromatic heterocycles.